The number of amides is 1. The zero-order chi connectivity index (χ0) is 18.0. The lowest BCUT2D eigenvalue weighted by molar-refractivity contribution is -0.119. The van der Waals surface area contributed by atoms with Gasteiger partial charge in [0.2, 0.25) is 15.9 Å². The van der Waals surface area contributed by atoms with Crippen molar-refractivity contribution in [3.63, 3.8) is 0 Å². The highest BCUT2D eigenvalue weighted by Gasteiger charge is 2.39. The van der Waals surface area contributed by atoms with E-state index in [-0.39, 0.29) is 10.8 Å². The molecule has 0 aliphatic carbocycles. The lowest BCUT2D eigenvalue weighted by atomic mass is 10.2. The topological polar surface area (TPSA) is 66.5 Å². The van der Waals surface area contributed by atoms with E-state index in [0.29, 0.717) is 25.1 Å². The van der Waals surface area contributed by atoms with Gasteiger partial charge in [0.1, 0.15) is 6.04 Å². The summed E-state index contributed by atoms with van der Waals surface area (Å²) in [5.74, 6) is -0.280. The molecule has 0 aromatic heterocycles. The summed E-state index contributed by atoms with van der Waals surface area (Å²) < 4.78 is 28.1. The van der Waals surface area contributed by atoms with E-state index in [4.69, 9.17) is 0 Å². The van der Waals surface area contributed by atoms with Gasteiger partial charge in [-0.15, -0.1) is 0 Å². The van der Waals surface area contributed by atoms with Gasteiger partial charge in [-0.05, 0) is 66.6 Å². The molecule has 1 atom stereocenters. The summed E-state index contributed by atoms with van der Waals surface area (Å²) in [6.45, 7) is 2.27. The van der Waals surface area contributed by atoms with Crippen LogP contribution in [0.2, 0.25) is 0 Å². The molecule has 1 aliphatic heterocycles. The van der Waals surface area contributed by atoms with Crippen LogP contribution in [0.1, 0.15) is 18.4 Å². The van der Waals surface area contributed by atoms with Gasteiger partial charge in [0.15, 0.2) is 0 Å². The Hall–Kier alpha value is -1.45. The van der Waals surface area contributed by atoms with Crippen molar-refractivity contribution >= 4 is 44.2 Å². The number of rotatable bonds is 4. The molecule has 0 unspecified atom stereocenters. The molecule has 1 heterocycles. The van der Waals surface area contributed by atoms with Crippen molar-refractivity contribution in [1.82, 2.24) is 4.31 Å². The molecule has 0 saturated carbocycles. The SMILES string of the molecule is Cc1ccc(S(=O)(=O)N2CCC[C@@H]2C(=O)Nc2ccccc2I)cc1. The fourth-order valence-corrected chi connectivity index (χ4v) is 5.09. The summed E-state index contributed by atoms with van der Waals surface area (Å²) in [7, 11) is -3.68. The second kappa shape index (κ2) is 7.43. The Balaban J connectivity index is 1.83. The monoisotopic (exact) mass is 470 g/mol. The van der Waals surface area contributed by atoms with Gasteiger partial charge in [0.05, 0.1) is 10.6 Å². The van der Waals surface area contributed by atoms with Crippen LogP contribution in [0.3, 0.4) is 0 Å². The Kier molecular flexibility index (Phi) is 5.45. The minimum Gasteiger partial charge on any atom is -0.324 e. The molecule has 1 fully saturated rings. The van der Waals surface area contributed by atoms with E-state index >= 15 is 0 Å². The van der Waals surface area contributed by atoms with Crippen LogP contribution in [0.5, 0.6) is 0 Å². The Labute approximate surface area is 161 Å². The van der Waals surface area contributed by atoms with E-state index in [1.807, 2.05) is 31.2 Å². The molecule has 1 saturated heterocycles. The van der Waals surface area contributed by atoms with Gasteiger partial charge in [-0.2, -0.15) is 4.31 Å². The number of anilines is 1. The van der Waals surface area contributed by atoms with Gasteiger partial charge >= 0.3 is 0 Å². The summed E-state index contributed by atoms with van der Waals surface area (Å²) >= 11 is 2.14. The lowest BCUT2D eigenvalue weighted by Crippen LogP contribution is -2.43. The summed E-state index contributed by atoms with van der Waals surface area (Å²) in [5, 5.41) is 2.86. The number of hydrogen-bond acceptors (Lipinski definition) is 3. The fourth-order valence-electron chi connectivity index (χ4n) is 2.91. The summed E-state index contributed by atoms with van der Waals surface area (Å²) in [4.78, 5) is 12.9. The molecule has 3 rings (SSSR count). The number of para-hydroxylation sites is 1. The minimum atomic E-state index is -3.68. The molecule has 5 nitrogen and oxygen atoms in total. The maximum Gasteiger partial charge on any atom is 0.243 e. The highest BCUT2D eigenvalue weighted by atomic mass is 127. The molecule has 1 N–H and O–H groups in total. The highest BCUT2D eigenvalue weighted by molar-refractivity contribution is 14.1. The first-order chi connectivity index (χ1) is 11.9. The largest absolute Gasteiger partial charge is 0.324 e. The first-order valence-electron chi connectivity index (χ1n) is 8.03. The quantitative estimate of drug-likeness (QED) is 0.697. The molecule has 1 amide bonds. The molecular formula is C18H19IN2O3S. The third kappa shape index (κ3) is 3.88. The molecule has 1 aliphatic rings. The van der Waals surface area contributed by atoms with Gasteiger partial charge in [0, 0.05) is 10.1 Å². The molecule has 2 aromatic rings. The van der Waals surface area contributed by atoms with E-state index in [1.165, 1.54) is 4.31 Å². The maximum absolute atomic E-state index is 12.9. The zero-order valence-electron chi connectivity index (χ0n) is 13.8. The molecule has 25 heavy (non-hydrogen) atoms. The van der Waals surface area contributed by atoms with E-state index in [1.54, 1.807) is 24.3 Å². The van der Waals surface area contributed by atoms with Crippen LogP contribution in [0.15, 0.2) is 53.4 Å². The smallest absolute Gasteiger partial charge is 0.243 e. The number of carbonyl (C=O) groups excluding carboxylic acids is 1. The van der Waals surface area contributed by atoms with E-state index in [0.717, 1.165) is 9.13 Å². The third-order valence-electron chi connectivity index (χ3n) is 4.27. The molecule has 0 spiro atoms. The first kappa shape index (κ1) is 18.3. The number of aryl methyl sites for hydroxylation is 1. The van der Waals surface area contributed by atoms with Crippen molar-refractivity contribution < 1.29 is 13.2 Å². The molecule has 132 valence electrons. The number of hydrogen-bond donors (Lipinski definition) is 1. The Morgan fingerprint density at radius 1 is 1.16 bits per heavy atom. The van der Waals surface area contributed by atoms with E-state index in [9.17, 15) is 13.2 Å². The average molecular weight is 470 g/mol. The van der Waals surface area contributed by atoms with Crippen LogP contribution in [-0.4, -0.2) is 31.2 Å². The summed E-state index contributed by atoms with van der Waals surface area (Å²) in [5.41, 5.74) is 1.70. The molecule has 7 heteroatoms. The van der Waals surface area contributed by atoms with Gasteiger partial charge in [-0.25, -0.2) is 8.42 Å². The normalized spacial score (nSPS) is 18.2. The standard InChI is InChI=1S/C18H19IN2O3S/c1-13-8-10-14(11-9-13)25(23,24)21-12-4-7-17(21)18(22)20-16-6-3-2-5-15(16)19/h2-3,5-6,8-11,17H,4,7,12H2,1H3,(H,20,22)/t17-/m1/s1. The van der Waals surface area contributed by atoms with Gasteiger partial charge in [-0.1, -0.05) is 29.8 Å². The number of nitrogens with one attached hydrogen (secondary N) is 1. The maximum atomic E-state index is 12.9. The first-order valence-corrected chi connectivity index (χ1v) is 10.6. The molecule has 2 aromatic carbocycles. The van der Waals surface area contributed by atoms with E-state index < -0.39 is 16.1 Å². The molecular weight excluding hydrogens is 451 g/mol. The zero-order valence-corrected chi connectivity index (χ0v) is 16.7. The summed E-state index contributed by atoms with van der Waals surface area (Å²) in [6.07, 6.45) is 1.20. The summed E-state index contributed by atoms with van der Waals surface area (Å²) in [6, 6.07) is 13.5. The van der Waals surface area contributed by atoms with Crippen molar-refractivity contribution in [3.05, 3.63) is 57.7 Å². The van der Waals surface area contributed by atoms with Crippen LogP contribution in [0.4, 0.5) is 5.69 Å². The van der Waals surface area contributed by atoms with Crippen LogP contribution < -0.4 is 5.32 Å². The second-order valence-electron chi connectivity index (χ2n) is 6.06. The number of halogens is 1. The van der Waals surface area contributed by atoms with Gasteiger partial charge in [-0.3, -0.25) is 4.79 Å². The Bertz CT molecular complexity index is 881. The molecule has 0 bridgehead atoms. The highest BCUT2D eigenvalue weighted by Crippen LogP contribution is 2.28. The number of carbonyl (C=O) groups is 1. The van der Waals surface area contributed by atoms with Crippen LogP contribution in [0.25, 0.3) is 0 Å². The fraction of sp³-hybridized carbons (Fsp3) is 0.278. The Morgan fingerprint density at radius 3 is 2.52 bits per heavy atom. The number of sulfonamides is 1. The average Bonchev–Trinajstić information content (AvgIpc) is 3.08. The van der Waals surface area contributed by atoms with Crippen molar-refractivity contribution in [2.75, 3.05) is 11.9 Å². The predicted octanol–water partition coefficient (Wildman–Crippen LogP) is 3.39. The van der Waals surface area contributed by atoms with Crippen LogP contribution in [0, 0.1) is 10.5 Å². The number of nitrogens with zero attached hydrogens (tertiary/aromatic N) is 1. The molecule has 0 radical (unpaired) electrons. The van der Waals surface area contributed by atoms with Crippen LogP contribution >= 0.6 is 22.6 Å². The van der Waals surface area contributed by atoms with Crippen molar-refractivity contribution in [2.45, 2.75) is 30.7 Å². The van der Waals surface area contributed by atoms with Crippen molar-refractivity contribution in [1.29, 1.82) is 0 Å². The van der Waals surface area contributed by atoms with Gasteiger partial charge in [0.25, 0.3) is 0 Å². The van der Waals surface area contributed by atoms with Crippen molar-refractivity contribution in [3.8, 4) is 0 Å². The lowest BCUT2D eigenvalue weighted by Gasteiger charge is -2.23. The van der Waals surface area contributed by atoms with E-state index in [2.05, 4.69) is 27.9 Å². The van der Waals surface area contributed by atoms with Crippen molar-refractivity contribution in [2.24, 2.45) is 0 Å². The number of benzene rings is 2. The Morgan fingerprint density at radius 2 is 1.84 bits per heavy atom. The second-order valence-corrected chi connectivity index (χ2v) is 9.11. The third-order valence-corrected chi connectivity index (χ3v) is 7.13. The predicted molar refractivity (Wildman–Crippen MR) is 106 cm³/mol. The van der Waals surface area contributed by atoms with Gasteiger partial charge < -0.3 is 5.32 Å². The van der Waals surface area contributed by atoms with Crippen LogP contribution in [-0.2, 0) is 14.8 Å². The minimum absolute atomic E-state index is 0.229.